The second-order valence-electron chi connectivity index (χ2n) is 5.10. The molecular weight excluding hydrogens is 255 g/mol. The van der Waals surface area contributed by atoms with E-state index in [1.165, 1.54) is 0 Å². The molecule has 0 amide bonds. The van der Waals surface area contributed by atoms with Crippen molar-refractivity contribution in [1.82, 2.24) is 9.47 Å². The quantitative estimate of drug-likeness (QED) is 0.857. The molecule has 1 aromatic heterocycles. The first-order valence-electron chi connectivity index (χ1n) is 6.82. The van der Waals surface area contributed by atoms with E-state index in [4.69, 9.17) is 0 Å². The summed E-state index contributed by atoms with van der Waals surface area (Å²) in [6, 6.07) is 12.7. The van der Waals surface area contributed by atoms with Gasteiger partial charge in [0, 0.05) is 43.7 Å². The maximum Gasteiger partial charge on any atom is 0.181 e. The Morgan fingerprint density at radius 3 is 2.70 bits per heavy atom. The molecule has 4 heteroatoms. The molecule has 0 N–H and O–H groups in total. The zero-order valence-corrected chi connectivity index (χ0v) is 11.2. The number of fused-ring (bicyclic) bond motifs is 1. The van der Waals surface area contributed by atoms with Gasteiger partial charge in [-0.15, -0.1) is 0 Å². The number of pyridine rings is 1. The van der Waals surface area contributed by atoms with Crippen molar-refractivity contribution >= 4 is 0 Å². The summed E-state index contributed by atoms with van der Waals surface area (Å²) in [5.41, 5.74) is 1.95. The van der Waals surface area contributed by atoms with Crippen LogP contribution in [0.5, 0.6) is 0 Å². The van der Waals surface area contributed by atoms with E-state index < -0.39 is 6.67 Å². The van der Waals surface area contributed by atoms with Crippen molar-refractivity contribution in [2.24, 2.45) is 0 Å². The minimum atomic E-state index is -0.416. The van der Waals surface area contributed by atoms with Crippen LogP contribution in [0.3, 0.4) is 0 Å². The predicted octanol–water partition coefficient (Wildman–Crippen LogP) is 2.37. The van der Waals surface area contributed by atoms with Gasteiger partial charge < -0.3 is 4.57 Å². The monoisotopic (exact) mass is 272 g/mol. The highest BCUT2D eigenvalue weighted by atomic mass is 19.1. The molecule has 0 saturated carbocycles. The third-order valence-corrected chi connectivity index (χ3v) is 3.86. The van der Waals surface area contributed by atoms with Crippen LogP contribution in [-0.2, 0) is 13.1 Å². The Balaban J connectivity index is 1.87. The van der Waals surface area contributed by atoms with Gasteiger partial charge >= 0.3 is 0 Å². The Morgan fingerprint density at radius 2 is 1.95 bits per heavy atom. The van der Waals surface area contributed by atoms with E-state index in [1.807, 2.05) is 36.5 Å². The molecule has 0 spiro atoms. The lowest BCUT2D eigenvalue weighted by molar-refractivity contribution is 0.130. The van der Waals surface area contributed by atoms with Gasteiger partial charge in [-0.05, 0) is 5.56 Å². The summed E-state index contributed by atoms with van der Waals surface area (Å²) >= 11 is 0. The minimum absolute atomic E-state index is 0.00890. The second kappa shape index (κ2) is 5.59. The molecule has 1 aliphatic heterocycles. The van der Waals surface area contributed by atoms with Crippen LogP contribution in [0, 0.1) is 0 Å². The molecule has 3 nitrogen and oxygen atoms in total. The zero-order chi connectivity index (χ0) is 13.9. The molecule has 20 heavy (non-hydrogen) atoms. The van der Waals surface area contributed by atoms with E-state index in [9.17, 15) is 9.18 Å². The van der Waals surface area contributed by atoms with E-state index in [2.05, 4.69) is 9.47 Å². The van der Waals surface area contributed by atoms with Gasteiger partial charge in [-0.3, -0.25) is 9.69 Å². The van der Waals surface area contributed by atoms with Gasteiger partial charge in [-0.1, -0.05) is 30.3 Å². The van der Waals surface area contributed by atoms with E-state index in [0.29, 0.717) is 6.54 Å². The lowest BCUT2D eigenvalue weighted by Crippen LogP contribution is -2.38. The van der Waals surface area contributed by atoms with Crippen LogP contribution in [0.2, 0.25) is 0 Å². The molecule has 2 aromatic rings. The van der Waals surface area contributed by atoms with Gasteiger partial charge in [0.1, 0.15) is 6.67 Å². The molecule has 1 aromatic carbocycles. The fourth-order valence-corrected chi connectivity index (χ4v) is 2.77. The molecule has 3 rings (SSSR count). The molecule has 0 fully saturated rings. The topological polar surface area (TPSA) is 25.2 Å². The first-order chi connectivity index (χ1) is 9.78. The average molecular weight is 272 g/mol. The van der Waals surface area contributed by atoms with Crippen molar-refractivity contribution in [2.75, 3.05) is 13.2 Å². The largest absolute Gasteiger partial charge is 0.349 e. The number of nitrogens with zero attached hydrogens (tertiary/aromatic N) is 2. The Labute approximate surface area is 117 Å². The molecule has 1 aliphatic rings. The summed E-state index contributed by atoms with van der Waals surface area (Å²) in [5, 5.41) is 0. The van der Waals surface area contributed by atoms with E-state index in [-0.39, 0.29) is 11.5 Å². The number of halogens is 1. The predicted molar refractivity (Wildman–Crippen MR) is 76.3 cm³/mol. The van der Waals surface area contributed by atoms with Crippen LogP contribution in [0.4, 0.5) is 4.39 Å². The Kier molecular flexibility index (Phi) is 3.65. The SMILES string of the molecule is O=c1ccn2c(c1)CN(C(CF)c1ccccc1)CC2. The summed E-state index contributed by atoms with van der Waals surface area (Å²) in [4.78, 5) is 13.6. The van der Waals surface area contributed by atoms with Crippen molar-refractivity contribution in [2.45, 2.75) is 19.1 Å². The lowest BCUT2D eigenvalue weighted by atomic mass is 10.1. The highest BCUT2D eigenvalue weighted by Gasteiger charge is 2.24. The van der Waals surface area contributed by atoms with Gasteiger partial charge in [0.05, 0.1) is 6.04 Å². The van der Waals surface area contributed by atoms with Crippen LogP contribution >= 0.6 is 0 Å². The summed E-state index contributed by atoms with van der Waals surface area (Å²) in [6.45, 7) is 1.78. The van der Waals surface area contributed by atoms with Gasteiger partial charge in [-0.2, -0.15) is 0 Å². The zero-order valence-electron chi connectivity index (χ0n) is 11.2. The third-order valence-electron chi connectivity index (χ3n) is 3.86. The fourth-order valence-electron chi connectivity index (χ4n) is 2.77. The highest BCUT2D eigenvalue weighted by Crippen LogP contribution is 2.25. The number of rotatable bonds is 3. The standard InChI is InChI=1S/C16H17FN2O/c17-11-16(13-4-2-1-3-5-13)19-9-8-18-7-6-15(20)10-14(18)12-19/h1-7,10,16H,8-9,11-12H2. The molecule has 0 bridgehead atoms. The summed E-state index contributed by atoms with van der Waals surface area (Å²) < 4.78 is 15.5. The Hall–Kier alpha value is -1.94. The van der Waals surface area contributed by atoms with Crippen LogP contribution < -0.4 is 5.43 Å². The van der Waals surface area contributed by atoms with Gasteiger partial charge in [0.15, 0.2) is 5.43 Å². The van der Waals surface area contributed by atoms with Crippen molar-refractivity contribution < 1.29 is 4.39 Å². The fraction of sp³-hybridized carbons (Fsp3) is 0.312. The maximum absolute atomic E-state index is 13.5. The number of aromatic nitrogens is 1. The first kappa shape index (κ1) is 13.1. The van der Waals surface area contributed by atoms with Crippen molar-refractivity contribution in [3.05, 3.63) is 70.1 Å². The van der Waals surface area contributed by atoms with Crippen molar-refractivity contribution in [3.8, 4) is 0 Å². The Morgan fingerprint density at radius 1 is 1.15 bits per heavy atom. The summed E-state index contributed by atoms with van der Waals surface area (Å²) in [5.74, 6) is 0. The average Bonchev–Trinajstić information content (AvgIpc) is 2.49. The molecule has 104 valence electrons. The Bertz CT molecular complexity index is 638. The summed E-state index contributed by atoms with van der Waals surface area (Å²) in [6.07, 6.45) is 1.82. The first-order valence-corrected chi connectivity index (χ1v) is 6.82. The molecule has 1 atom stereocenters. The van der Waals surface area contributed by atoms with Gasteiger partial charge in [0.2, 0.25) is 0 Å². The minimum Gasteiger partial charge on any atom is -0.349 e. The van der Waals surface area contributed by atoms with Crippen LogP contribution in [0.15, 0.2) is 53.5 Å². The van der Waals surface area contributed by atoms with Crippen LogP contribution in [0.25, 0.3) is 0 Å². The van der Waals surface area contributed by atoms with Crippen molar-refractivity contribution in [3.63, 3.8) is 0 Å². The number of alkyl halides is 1. The van der Waals surface area contributed by atoms with Crippen LogP contribution in [-0.4, -0.2) is 22.7 Å². The van der Waals surface area contributed by atoms with E-state index in [0.717, 1.165) is 24.3 Å². The number of hydrogen-bond donors (Lipinski definition) is 0. The highest BCUT2D eigenvalue weighted by molar-refractivity contribution is 5.20. The maximum atomic E-state index is 13.5. The molecule has 1 unspecified atom stereocenters. The second-order valence-corrected chi connectivity index (χ2v) is 5.10. The molecule has 0 aliphatic carbocycles. The van der Waals surface area contributed by atoms with E-state index >= 15 is 0 Å². The lowest BCUT2D eigenvalue weighted by Gasteiger charge is -2.35. The van der Waals surface area contributed by atoms with Gasteiger partial charge in [-0.25, -0.2) is 4.39 Å². The summed E-state index contributed by atoms with van der Waals surface area (Å²) in [7, 11) is 0. The molecule has 0 radical (unpaired) electrons. The van der Waals surface area contributed by atoms with Crippen LogP contribution in [0.1, 0.15) is 17.3 Å². The number of benzene rings is 1. The third kappa shape index (κ3) is 2.51. The molecule has 2 heterocycles. The normalized spacial score (nSPS) is 16.6. The van der Waals surface area contributed by atoms with Gasteiger partial charge in [0.25, 0.3) is 0 Å². The van der Waals surface area contributed by atoms with Crippen molar-refractivity contribution in [1.29, 1.82) is 0 Å². The molecule has 0 saturated heterocycles. The number of hydrogen-bond acceptors (Lipinski definition) is 2. The van der Waals surface area contributed by atoms with E-state index in [1.54, 1.807) is 12.1 Å². The molecular formula is C16H17FN2O. The smallest absolute Gasteiger partial charge is 0.181 e.